The SMILES string of the molecule is Cc1cccc(-c2ccc(C(=O)N(C)CC(=O)Nc3ccc(Br)cc3C)c(=O)[nH]2)c1. The third kappa shape index (κ3) is 5.04. The fourth-order valence-corrected chi connectivity index (χ4v) is 3.55. The number of carbonyl (C=O) groups excluding carboxylic acids is 2. The van der Waals surface area contributed by atoms with Gasteiger partial charge in [-0.15, -0.1) is 0 Å². The third-order valence-corrected chi connectivity index (χ3v) is 5.15. The highest BCUT2D eigenvalue weighted by molar-refractivity contribution is 9.10. The normalized spacial score (nSPS) is 10.5. The van der Waals surface area contributed by atoms with Crippen molar-refractivity contribution in [3.05, 3.63) is 86.1 Å². The Morgan fingerprint density at radius 1 is 1.07 bits per heavy atom. The number of carbonyl (C=O) groups is 2. The number of amides is 2. The van der Waals surface area contributed by atoms with Gasteiger partial charge in [0.1, 0.15) is 5.56 Å². The highest BCUT2D eigenvalue weighted by Crippen LogP contribution is 2.20. The predicted octanol–water partition coefficient (Wildman–Crippen LogP) is 4.13. The number of aromatic nitrogens is 1. The number of rotatable bonds is 5. The van der Waals surface area contributed by atoms with Crippen LogP contribution in [0, 0.1) is 13.8 Å². The zero-order valence-electron chi connectivity index (χ0n) is 17.0. The van der Waals surface area contributed by atoms with Crippen molar-refractivity contribution >= 4 is 33.4 Å². The molecule has 2 aromatic carbocycles. The molecular formula is C23H22BrN3O3. The molecule has 3 aromatic rings. The predicted molar refractivity (Wildman–Crippen MR) is 122 cm³/mol. The van der Waals surface area contributed by atoms with E-state index in [0.717, 1.165) is 21.2 Å². The van der Waals surface area contributed by atoms with E-state index in [0.29, 0.717) is 11.4 Å². The summed E-state index contributed by atoms with van der Waals surface area (Å²) in [5.74, 6) is -0.862. The highest BCUT2D eigenvalue weighted by Gasteiger charge is 2.19. The van der Waals surface area contributed by atoms with Crippen LogP contribution in [0.2, 0.25) is 0 Å². The van der Waals surface area contributed by atoms with Crippen LogP contribution in [0.5, 0.6) is 0 Å². The molecule has 0 aliphatic heterocycles. The molecule has 6 nitrogen and oxygen atoms in total. The Morgan fingerprint density at radius 3 is 2.50 bits per heavy atom. The van der Waals surface area contributed by atoms with E-state index in [9.17, 15) is 14.4 Å². The molecule has 3 rings (SSSR count). The molecule has 0 saturated carbocycles. The van der Waals surface area contributed by atoms with Crippen molar-refractivity contribution in [2.75, 3.05) is 18.9 Å². The fourth-order valence-electron chi connectivity index (χ4n) is 3.07. The van der Waals surface area contributed by atoms with Gasteiger partial charge in [0.15, 0.2) is 0 Å². The number of anilines is 1. The van der Waals surface area contributed by atoms with E-state index in [1.807, 2.05) is 50.2 Å². The quantitative estimate of drug-likeness (QED) is 0.591. The van der Waals surface area contributed by atoms with Crippen LogP contribution in [0.15, 0.2) is 63.9 Å². The van der Waals surface area contributed by atoms with Gasteiger partial charge in [-0.1, -0.05) is 39.7 Å². The van der Waals surface area contributed by atoms with Gasteiger partial charge >= 0.3 is 0 Å². The first-order valence-electron chi connectivity index (χ1n) is 9.36. The van der Waals surface area contributed by atoms with Gasteiger partial charge in [0, 0.05) is 22.9 Å². The first-order chi connectivity index (χ1) is 14.2. The number of hydrogen-bond donors (Lipinski definition) is 2. The van der Waals surface area contributed by atoms with E-state index in [4.69, 9.17) is 0 Å². The minimum absolute atomic E-state index is 0.0125. The maximum atomic E-state index is 12.7. The molecule has 0 aliphatic carbocycles. The number of pyridine rings is 1. The molecule has 1 aromatic heterocycles. The molecule has 7 heteroatoms. The van der Waals surface area contributed by atoms with Crippen molar-refractivity contribution in [2.24, 2.45) is 0 Å². The number of aromatic amines is 1. The van der Waals surface area contributed by atoms with Crippen LogP contribution in [-0.4, -0.2) is 35.3 Å². The summed E-state index contributed by atoms with van der Waals surface area (Å²) in [6, 6.07) is 16.4. The fraction of sp³-hybridized carbons (Fsp3) is 0.174. The van der Waals surface area contributed by atoms with Gasteiger partial charge in [-0.05, 0) is 61.4 Å². The summed E-state index contributed by atoms with van der Waals surface area (Å²) in [5.41, 5.74) is 3.63. The number of likely N-dealkylation sites (N-methyl/N-ethyl adjacent to an activating group) is 1. The van der Waals surface area contributed by atoms with E-state index in [2.05, 4.69) is 26.2 Å². The first kappa shape index (κ1) is 21.5. The van der Waals surface area contributed by atoms with Crippen LogP contribution < -0.4 is 10.9 Å². The zero-order chi connectivity index (χ0) is 21.8. The van der Waals surface area contributed by atoms with Gasteiger partial charge in [-0.3, -0.25) is 14.4 Å². The molecule has 0 atom stereocenters. The summed E-state index contributed by atoms with van der Waals surface area (Å²) < 4.78 is 0.915. The third-order valence-electron chi connectivity index (χ3n) is 4.66. The van der Waals surface area contributed by atoms with E-state index in [-0.39, 0.29) is 18.0 Å². The number of H-pyrrole nitrogens is 1. The van der Waals surface area contributed by atoms with Crippen LogP contribution in [0.3, 0.4) is 0 Å². The maximum absolute atomic E-state index is 12.7. The number of aryl methyl sites for hydroxylation is 2. The summed E-state index contributed by atoms with van der Waals surface area (Å²) in [5, 5.41) is 2.79. The second kappa shape index (κ2) is 9.09. The van der Waals surface area contributed by atoms with Crippen molar-refractivity contribution < 1.29 is 9.59 Å². The number of nitrogens with one attached hydrogen (secondary N) is 2. The molecule has 1 heterocycles. The van der Waals surface area contributed by atoms with Crippen molar-refractivity contribution in [1.29, 1.82) is 0 Å². The molecule has 0 fully saturated rings. The van der Waals surface area contributed by atoms with Crippen LogP contribution in [0.25, 0.3) is 11.3 Å². The van der Waals surface area contributed by atoms with Gasteiger partial charge in [0.2, 0.25) is 5.91 Å². The lowest BCUT2D eigenvalue weighted by Crippen LogP contribution is -2.37. The Labute approximate surface area is 183 Å². The molecular weight excluding hydrogens is 446 g/mol. The van der Waals surface area contributed by atoms with Crippen molar-refractivity contribution in [2.45, 2.75) is 13.8 Å². The van der Waals surface area contributed by atoms with Gasteiger partial charge in [0.25, 0.3) is 11.5 Å². The second-order valence-electron chi connectivity index (χ2n) is 7.15. The summed E-state index contributed by atoms with van der Waals surface area (Å²) >= 11 is 3.38. The van der Waals surface area contributed by atoms with E-state index in [1.165, 1.54) is 18.0 Å². The summed E-state index contributed by atoms with van der Waals surface area (Å²) in [6.45, 7) is 3.67. The van der Waals surface area contributed by atoms with Gasteiger partial charge in [-0.2, -0.15) is 0 Å². The lowest BCUT2D eigenvalue weighted by atomic mass is 10.1. The molecule has 2 N–H and O–H groups in total. The largest absolute Gasteiger partial charge is 0.332 e. The molecule has 2 amide bonds. The highest BCUT2D eigenvalue weighted by atomic mass is 79.9. The number of hydrogen-bond acceptors (Lipinski definition) is 3. The number of benzene rings is 2. The molecule has 0 radical (unpaired) electrons. The van der Waals surface area contributed by atoms with E-state index in [1.54, 1.807) is 12.1 Å². The monoisotopic (exact) mass is 467 g/mol. The van der Waals surface area contributed by atoms with E-state index >= 15 is 0 Å². The number of halogens is 1. The van der Waals surface area contributed by atoms with Gasteiger partial charge in [-0.25, -0.2) is 0 Å². The number of nitrogens with zero attached hydrogens (tertiary/aromatic N) is 1. The maximum Gasteiger partial charge on any atom is 0.261 e. The second-order valence-corrected chi connectivity index (χ2v) is 8.07. The summed E-state index contributed by atoms with van der Waals surface area (Å²) in [6.07, 6.45) is 0. The molecule has 0 unspecified atom stereocenters. The topological polar surface area (TPSA) is 82.3 Å². The Kier molecular flexibility index (Phi) is 6.52. The molecule has 0 aliphatic rings. The zero-order valence-corrected chi connectivity index (χ0v) is 18.5. The molecule has 0 bridgehead atoms. The minimum Gasteiger partial charge on any atom is -0.332 e. The summed E-state index contributed by atoms with van der Waals surface area (Å²) in [7, 11) is 1.49. The van der Waals surface area contributed by atoms with Crippen molar-refractivity contribution in [3.63, 3.8) is 0 Å². The minimum atomic E-state index is -0.519. The van der Waals surface area contributed by atoms with Crippen LogP contribution in [0.4, 0.5) is 5.69 Å². The van der Waals surface area contributed by atoms with Crippen LogP contribution >= 0.6 is 15.9 Å². The van der Waals surface area contributed by atoms with Crippen LogP contribution in [-0.2, 0) is 4.79 Å². The van der Waals surface area contributed by atoms with Crippen molar-refractivity contribution in [3.8, 4) is 11.3 Å². The molecule has 0 saturated heterocycles. The molecule has 154 valence electrons. The average molecular weight is 468 g/mol. The Morgan fingerprint density at radius 2 is 1.83 bits per heavy atom. The standard InChI is InChI=1S/C23H22BrN3O3/c1-14-5-4-6-16(11-14)20-10-8-18(22(29)26-20)23(30)27(3)13-21(28)25-19-9-7-17(24)12-15(19)2/h4-12H,13H2,1-3H3,(H,25,28)(H,26,29). The van der Waals surface area contributed by atoms with Crippen LogP contribution in [0.1, 0.15) is 21.5 Å². The first-order valence-corrected chi connectivity index (χ1v) is 10.2. The molecule has 30 heavy (non-hydrogen) atoms. The smallest absolute Gasteiger partial charge is 0.261 e. The van der Waals surface area contributed by atoms with E-state index < -0.39 is 11.5 Å². The Bertz CT molecular complexity index is 1170. The average Bonchev–Trinajstić information content (AvgIpc) is 2.69. The molecule has 0 spiro atoms. The lowest BCUT2D eigenvalue weighted by Gasteiger charge is -2.17. The lowest BCUT2D eigenvalue weighted by molar-refractivity contribution is -0.116. The van der Waals surface area contributed by atoms with Gasteiger partial charge in [0.05, 0.1) is 6.54 Å². The van der Waals surface area contributed by atoms with Crippen molar-refractivity contribution in [1.82, 2.24) is 9.88 Å². The Hall–Kier alpha value is -3.19. The Balaban J connectivity index is 1.71. The van der Waals surface area contributed by atoms with Gasteiger partial charge < -0.3 is 15.2 Å². The summed E-state index contributed by atoms with van der Waals surface area (Å²) in [4.78, 5) is 41.5.